The number of hydrogen-bond donors (Lipinski definition) is 1. The molecule has 0 aromatic heterocycles. The minimum Gasteiger partial charge on any atom is -0.486 e. The summed E-state index contributed by atoms with van der Waals surface area (Å²) in [7, 11) is 3.69. The van der Waals surface area contributed by atoms with Gasteiger partial charge in [-0.2, -0.15) is 0 Å². The highest BCUT2D eigenvalue weighted by molar-refractivity contribution is 5.43. The van der Waals surface area contributed by atoms with Gasteiger partial charge in [-0.05, 0) is 64.1 Å². The maximum Gasteiger partial charge on any atom is 0.161 e. The number of terminal acetylenes is 1. The Hall–Kier alpha value is -1.70. The lowest BCUT2D eigenvalue weighted by Crippen LogP contribution is -2.20. The van der Waals surface area contributed by atoms with Gasteiger partial charge in [-0.25, -0.2) is 0 Å². The number of benzene rings is 1. The highest BCUT2D eigenvalue weighted by atomic mass is 16.6. The van der Waals surface area contributed by atoms with Crippen molar-refractivity contribution in [2.75, 3.05) is 40.4 Å². The Morgan fingerprint density at radius 1 is 0.962 bits per heavy atom. The number of rotatable bonds is 6. The lowest BCUT2D eigenvalue weighted by atomic mass is 10.1. The zero-order chi connectivity index (χ0) is 20.8. The van der Waals surface area contributed by atoms with Crippen LogP contribution in [-0.2, 0) is 6.42 Å². The average Bonchev–Trinajstić information content (AvgIpc) is 2.74. The summed E-state index contributed by atoms with van der Waals surface area (Å²) in [6, 6.07) is 6.29. The highest BCUT2D eigenvalue weighted by Gasteiger charge is 2.11. The molecule has 1 aromatic rings. The van der Waals surface area contributed by atoms with Crippen LogP contribution in [0.4, 0.5) is 0 Å². The molecule has 1 aromatic carbocycles. The molecule has 4 heteroatoms. The van der Waals surface area contributed by atoms with E-state index in [1.54, 1.807) is 0 Å². The first kappa shape index (κ1) is 29.1. The molecular weight excluding hydrogens is 324 g/mol. The first-order chi connectivity index (χ1) is 12.8. The number of ether oxygens (including phenoxy) is 2. The average molecular weight is 367 g/mol. The van der Waals surface area contributed by atoms with E-state index in [9.17, 15) is 0 Å². The molecular formula is C22H42N2O2. The van der Waals surface area contributed by atoms with Crippen molar-refractivity contribution in [3.63, 3.8) is 0 Å². The molecule has 0 amide bonds. The molecule has 4 nitrogen and oxygen atoms in total. The summed E-state index contributed by atoms with van der Waals surface area (Å²) < 4.78 is 11.1. The van der Waals surface area contributed by atoms with Crippen LogP contribution in [0.15, 0.2) is 18.2 Å². The molecule has 0 saturated carbocycles. The molecule has 0 fully saturated rings. The number of hydrogen-bond acceptors (Lipinski definition) is 4. The van der Waals surface area contributed by atoms with Crippen LogP contribution in [0.1, 0.15) is 53.0 Å². The zero-order valence-corrected chi connectivity index (χ0v) is 18.2. The third-order valence-corrected chi connectivity index (χ3v) is 3.22. The second-order valence-electron chi connectivity index (χ2n) is 4.88. The van der Waals surface area contributed by atoms with Crippen LogP contribution in [0.2, 0.25) is 0 Å². The predicted molar refractivity (Wildman–Crippen MR) is 116 cm³/mol. The standard InChI is InChI=1S/C15H23NO2.2C2H6.C2H2.CH5N/c1-3-8-16(2)9-4-5-13-6-7-14-15(12-13)18-11-10-17-14;4*1-2/h6-7,12H,3-5,8-11H2,1-2H3;2*1-2H3;1-2H;2H2,1H3. The molecule has 152 valence electrons. The third-order valence-electron chi connectivity index (χ3n) is 3.22. The quantitative estimate of drug-likeness (QED) is 0.747. The van der Waals surface area contributed by atoms with Gasteiger partial charge in [-0.1, -0.05) is 40.7 Å². The molecule has 26 heavy (non-hydrogen) atoms. The maximum atomic E-state index is 5.59. The van der Waals surface area contributed by atoms with Gasteiger partial charge in [0.15, 0.2) is 11.5 Å². The topological polar surface area (TPSA) is 47.7 Å². The van der Waals surface area contributed by atoms with Crippen LogP contribution >= 0.6 is 0 Å². The lowest BCUT2D eigenvalue weighted by molar-refractivity contribution is 0.171. The van der Waals surface area contributed by atoms with Gasteiger partial charge in [0.2, 0.25) is 0 Å². The van der Waals surface area contributed by atoms with Crippen molar-refractivity contribution in [2.24, 2.45) is 5.73 Å². The van der Waals surface area contributed by atoms with Crippen molar-refractivity contribution in [1.29, 1.82) is 0 Å². The van der Waals surface area contributed by atoms with E-state index in [-0.39, 0.29) is 0 Å². The molecule has 0 spiro atoms. The van der Waals surface area contributed by atoms with Crippen molar-refractivity contribution >= 4 is 0 Å². The van der Waals surface area contributed by atoms with E-state index in [2.05, 4.69) is 49.6 Å². The van der Waals surface area contributed by atoms with Crippen molar-refractivity contribution in [2.45, 2.75) is 53.9 Å². The van der Waals surface area contributed by atoms with Crippen molar-refractivity contribution in [3.8, 4) is 24.3 Å². The Morgan fingerprint density at radius 2 is 1.50 bits per heavy atom. The summed E-state index contributed by atoms with van der Waals surface area (Å²) in [5, 5.41) is 0. The largest absolute Gasteiger partial charge is 0.486 e. The van der Waals surface area contributed by atoms with Crippen molar-refractivity contribution in [3.05, 3.63) is 23.8 Å². The van der Waals surface area contributed by atoms with Crippen LogP contribution in [-0.4, -0.2) is 45.3 Å². The van der Waals surface area contributed by atoms with Gasteiger partial charge < -0.3 is 20.1 Å². The fourth-order valence-electron chi connectivity index (χ4n) is 2.29. The maximum absolute atomic E-state index is 5.59. The third kappa shape index (κ3) is 13.6. The molecule has 0 saturated heterocycles. The van der Waals surface area contributed by atoms with Crippen LogP contribution < -0.4 is 15.2 Å². The molecule has 0 atom stereocenters. The number of nitrogens with two attached hydrogens (primary N) is 1. The molecule has 1 heterocycles. The number of nitrogens with zero attached hydrogens (tertiary/aromatic N) is 1. The molecule has 0 aliphatic carbocycles. The number of aryl methyl sites for hydroxylation is 1. The summed E-state index contributed by atoms with van der Waals surface area (Å²) in [6.45, 7) is 13.9. The fraction of sp³-hybridized carbons (Fsp3) is 0.636. The van der Waals surface area contributed by atoms with E-state index in [4.69, 9.17) is 9.47 Å². The minimum absolute atomic E-state index is 0.661. The summed E-state index contributed by atoms with van der Waals surface area (Å²) in [6.07, 6.45) is 11.5. The van der Waals surface area contributed by atoms with Gasteiger partial charge in [-0.3, -0.25) is 0 Å². The Morgan fingerprint density at radius 3 is 2.04 bits per heavy atom. The van der Waals surface area contributed by atoms with Crippen molar-refractivity contribution in [1.82, 2.24) is 4.90 Å². The van der Waals surface area contributed by atoms with Gasteiger partial charge in [0.05, 0.1) is 0 Å². The molecule has 0 bridgehead atoms. The molecule has 1 aliphatic rings. The Bertz CT molecular complexity index is 420. The zero-order valence-electron chi connectivity index (χ0n) is 18.2. The van der Waals surface area contributed by atoms with E-state index >= 15 is 0 Å². The molecule has 0 unspecified atom stereocenters. The van der Waals surface area contributed by atoms with Crippen LogP contribution in [0.3, 0.4) is 0 Å². The Kier molecular flexibility index (Phi) is 26.1. The SMILES string of the molecule is C#C.CC.CC.CCCN(C)CCCc1ccc2c(c1)OCCO2.CN. The molecule has 1 aliphatic heterocycles. The smallest absolute Gasteiger partial charge is 0.161 e. The predicted octanol–water partition coefficient (Wildman–Crippen LogP) is 4.61. The summed E-state index contributed by atoms with van der Waals surface area (Å²) in [5.74, 6) is 1.79. The van der Waals surface area contributed by atoms with Gasteiger partial charge in [0, 0.05) is 0 Å². The Balaban J connectivity index is -0.000000585. The van der Waals surface area contributed by atoms with Crippen LogP contribution in [0.5, 0.6) is 11.5 Å². The number of fused-ring (bicyclic) bond motifs is 1. The van der Waals surface area contributed by atoms with Gasteiger partial charge >= 0.3 is 0 Å². The van der Waals surface area contributed by atoms with Crippen molar-refractivity contribution < 1.29 is 9.47 Å². The van der Waals surface area contributed by atoms with E-state index in [0.29, 0.717) is 13.2 Å². The molecule has 2 N–H and O–H groups in total. The lowest BCUT2D eigenvalue weighted by Gasteiger charge is -2.19. The molecule has 0 radical (unpaired) electrons. The van der Waals surface area contributed by atoms with Gasteiger partial charge in [0.25, 0.3) is 0 Å². The van der Waals surface area contributed by atoms with E-state index < -0.39 is 0 Å². The first-order valence-corrected chi connectivity index (χ1v) is 9.77. The van der Waals surface area contributed by atoms with E-state index in [1.807, 2.05) is 33.8 Å². The van der Waals surface area contributed by atoms with Gasteiger partial charge in [0.1, 0.15) is 13.2 Å². The second-order valence-corrected chi connectivity index (χ2v) is 4.88. The summed E-state index contributed by atoms with van der Waals surface area (Å²) >= 11 is 0. The van der Waals surface area contributed by atoms with Crippen LogP contribution in [0, 0.1) is 12.8 Å². The molecule has 2 rings (SSSR count). The Labute approximate surface area is 163 Å². The summed E-state index contributed by atoms with van der Waals surface area (Å²) in [4.78, 5) is 2.39. The highest BCUT2D eigenvalue weighted by Crippen LogP contribution is 2.31. The van der Waals surface area contributed by atoms with E-state index in [1.165, 1.54) is 32.0 Å². The van der Waals surface area contributed by atoms with Crippen LogP contribution in [0.25, 0.3) is 0 Å². The first-order valence-electron chi connectivity index (χ1n) is 9.77. The summed E-state index contributed by atoms with van der Waals surface area (Å²) in [5.41, 5.74) is 5.84. The second kappa shape index (κ2) is 23.3. The van der Waals surface area contributed by atoms with Gasteiger partial charge in [-0.15, -0.1) is 12.8 Å². The van der Waals surface area contributed by atoms with E-state index in [0.717, 1.165) is 24.5 Å². The monoisotopic (exact) mass is 366 g/mol. The minimum atomic E-state index is 0.661. The fourth-order valence-corrected chi connectivity index (χ4v) is 2.29. The normalized spacial score (nSPS) is 10.4.